The number of piperidine rings is 1. The lowest BCUT2D eigenvalue weighted by Crippen LogP contribution is -3.14. The first-order valence-corrected chi connectivity index (χ1v) is 7.47. The number of hydrogen-bond donors (Lipinski definition) is 2. The number of benzene rings is 1. The highest BCUT2D eigenvalue weighted by Gasteiger charge is 2.22. The Morgan fingerprint density at radius 1 is 1.38 bits per heavy atom. The maximum absolute atomic E-state index is 12.2. The molecule has 0 bridgehead atoms. The number of methoxy groups -OCH3 is 2. The first-order chi connectivity index (χ1) is 10.1. The second-order valence-electron chi connectivity index (χ2n) is 5.74. The number of hydrogen-bond acceptors (Lipinski definition) is 3. The van der Waals surface area contributed by atoms with Gasteiger partial charge in [0.25, 0.3) is 5.91 Å². The summed E-state index contributed by atoms with van der Waals surface area (Å²) >= 11 is 0. The van der Waals surface area contributed by atoms with Crippen LogP contribution in [0.25, 0.3) is 0 Å². The molecule has 1 unspecified atom stereocenters. The van der Waals surface area contributed by atoms with Crippen molar-refractivity contribution in [3.8, 4) is 11.5 Å². The summed E-state index contributed by atoms with van der Waals surface area (Å²) in [7, 11) is 3.19. The number of ether oxygens (including phenoxy) is 2. The van der Waals surface area contributed by atoms with E-state index in [-0.39, 0.29) is 5.91 Å². The smallest absolute Gasteiger partial charge is 0.279 e. The minimum absolute atomic E-state index is 0.0302. The minimum Gasteiger partial charge on any atom is -0.497 e. The summed E-state index contributed by atoms with van der Waals surface area (Å²) in [6.45, 7) is 4.92. The summed E-state index contributed by atoms with van der Waals surface area (Å²) in [5, 5.41) is 2.93. The molecular weight excluding hydrogens is 268 g/mol. The third-order valence-corrected chi connectivity index (χ3v) is 3.96. The number of carbonyl (C=O) groups is 1. The number of nitrogens with one attached hydrogen (secondary N) is 2. The third kappa shape index (κ3) is 4.36. The second-order valence-corrected chi connectivity index (χ2v) is 5.74. The molecule has 21 heavy (non-hydrogen) atoms. The van der Waals surface area contributed by atoms with Gasteiger partial charge in [-0.15, -0.1) is 0 Å². The molecule has 0 aliphatic carbocycles. The molecule has 2 N–H and O–H groups in total. The van der Waals surface area contributed by atoms with E-state index < -0.39 is 0 Å². The molecule has 1 aliphatic rings. The van der Waals surface area contributed by atoms with Crippen LogP contribution in [0.1, 0.15) is 19.8 Å². The Morgan fingerprint density at radius 2 is 2.19 bits per heavy atom. The molecule has 1 aromatic carbocycles. The van der Waals surface area contributed by atoms with Gasteiger partial charge in [-0.25, -0.2) is 0 Å². The molecular formula is C16H25N2O3+. The van der Waals surface area contributed by atoms with E-state index in [4.69, 9.17) is 9.47 Å². The van der Waals surface area contributed by atoms with Crippen molar-refractivity contribution in [3.63, 3.8) is 0 Å². The van der Waals surface area contributed by atoms with Gasteiger partial charge < -0.3 is 19.7 Å². The van der Waals surface area contributed by atoms with Gasteiger partial charge in [0.1, 0.15) is 11.5 Å². The van der Waals surface area contributed by atoms with Crippen LogP contribution in [-0.4, -0.2) is 39.8 Å². The van der Waals surface area contributed by atoms with Gasteiger partial charge in [-0.05, 0) is 25.0 Å². The average Bonchev–Trinajstić information content (AvgIpc) is 2.47. The molecule has 2 rings (SSSR count). The quantitative estimate of drug-likeness (QED) is 0.850. The summed E-state index contributed by atoms with van der Waals surface area (Å²) in [5.41, 5.74) is 0.688. The molecule has 1 saturated heterocycles. The fraction of sp³-hybridized carbons (Fsp3) is 0.562. The Kier molecular flexibility index (Phi) is 5.44. The number of likely N-dealkylation sites (tertiary alicyclic amines) is 1. The summed E-state index contributed by atoms with van der Waals surface area (Å²) < 4.78 is 10.4. The highest BCUT2D eigenvalue weighted by molar-refractivity contribution is 5.93. The highest BCUT2D eigenvalue weighted by atomic mass is 16.5. The van der Waals surface area contributed by atoms with E-state index in [1.807, 2.05) is 12.1 Å². The molecule has 0 saturated carbocycles. The van der Waals surface area contributed by atoms with E-state index in [1.54, 1.807) is 20.3 Å². The summed E-state index contributed by atoms with van der Waals surface area (Å²) in [6.07, 6.45) is 2.48. The first-order valence-electron chi connectivity index (χ1n) is 7.47. The highest BCUT2D eigenvalue weighted by Crippen LogP contribution is 2.28. The van der Waals surface area contributed by atoms with Crippen LogP contribution in [-0.2, 0) is 4.79 Å². The number of amides is 1. The molecule has 0 aromatic heterocycles. The lowest BCUT2D eigenvalue weighted by Gasteiger charge is -2.27. The number of quaternary nitrogens is 1. The molecule has 5 nitrogen and oxygen atoms in total. The van der Waals surface area contributed by atoms with Crippen LogP contribution in [0.4, 0.5) is 5.69 Å². The fourth-order valence-electron chi connectivity index (χ4n) is 2.88. The van der Waals surface area contributed by atoms with Crippen molar-refractivity contribution < 1.29 is 19.2 Å². The Bertz CT molecular complexity index is 490. The van der Waals surface area contributed by atoms with Gasteiger partial charge in [0.05, 0.1) is 33.0 Å². The molecule has 1 aliphatic heterocycles. The van der Waals surface area contributed by atoms with Gasteiger partial charge in [-0.2, -0.15) is 0 Å². The molecule has 0 radical (unpaired) electrons. The lowest BCUT2D eigenvalue weighted by atomic mass is 10.0. The van der Waals surface area contributed by atoms with Crippen molar-refractivity contribution in [3.05, 3.63) is 18.2 Å². The Balaban J connectivity index is 1.95. The lowest BCUT2D eigenvalue weighted by molar-refractivity contribution is -0.900. The third-order valence-electron chi connectivity index (χ3n) is 3.96. The predicted molar refractivity (Wildman–Crippen MR) is 82.1 cm³/mol. The van der Waals surface area contributed by atoms with E-state index in [0.29, 0.717) is 29.6 Å². The monoisotopic (exact) mass is 293 g/mol. The topological polar surface area (TPSA) is 52.0 Å². The molecule has 0 spiro atoms. The minimum atomic E-state index is 0.0302. The van der Waals surface area contributed by atoms with Crippen LogP contribution in [0.2, 0.25) is 0 Å². The standard InChI is InChI=1S/C16H24N2O3/c1-12-5-4-8-18(10-12)11-16(19)17-14-7-6-13(20-2)9-15(14)21-3/h6-7,9,12H,4-5,8,10-11H2,1-3H3,(H,17,19)/p+1/t12-/m0/s1. The van der Waals surface area contributed by atoms with Crippen molar-refractivity contribution in [1.82, 2.24) is 0 Å². The molecule has 1 amide bonds. The SMILES string of the molecule is COc1ccc(NC(=O)C[NH+]2CCC[C@H](C)C2)c(OC)c1. The predicted octanol–water partition coefficient (Wildman–Crippen LogP) is 0.957. The number of carbonyl (C=O) groups excluding carboxylic acids is 1. The van der Waals surface area contributed by atoms with Gasteiger partial charge in [-0.1, -0.05) is 6.92 Å². The van der Waals surface area contributed by atoms with Gasteiger partial charge in [0.15, 0.2) is 6.54 Å². The second kappa shape index (κ2) is 7.31. The summed E-state index contributed by atoms with van der Waals surface area (Å²) in [4.78, 5) is 13.6. The van der Waals surface area contributed by atoms with E-state index in [2.05, 4.69) is 12.2 Å². The first kappa shape index (κ1) is 15.6. The van der Waals surface area contributed by atoms with E-state index in [0.717, 1.165) is 13.1 Å². The maximum atomic E-state index is 12.2. The van der Waals surface area contributed by atoms with Crippen LogP contribution < -0.4 is 19.7 Å². The Hall–Kier alpha value is -1.75. The molecule has 116 valence electrons. The molecule has 2 atom stereocenters. The van der Waals surface area contributed by atoms with Crippen molar-refractivity contribution in [2.45, 2.75) is 19.8 Å². The van der Waals surface area contributed by atoms with Crippen LogP contribution in [0.15, 0.2) is 18.2 Å². The zero-order valence-corrected chi connectivity index (χ0v) is 13.1. The van der Waals surface area contributed by atoms with Crippen molar-refractivity contribution in [2.75, 3.05) is 39.2 Å². The van der Waals surface area contributed by atoms with E-state index in [9.17, 15) is 4.79 Å². The average molecular weight is 293 g/mol. The molecule has 1 fully saturated rings. The maximum Gasteiger partial charge on any atom is 0.279 e. The van der Waals surface area contributed by atoms with Crippen LogP contribution in [0, 0.1) is 5.92 Å². The van der Waals surface area contributed by atoms with Gasteiger partial charge in [-0.3, -0.25) is 4.79 Å². The largest absolute Gasteiger partial charge is 0.497 e. The van der Waals surface area contributed by atoms with Crippen LogP contribution in [0.5, 0.6) is 11.5 Å². The van der Waals surface area contributed by atoms with Gasteiger partial charge >= 0.3 is 0 Å². The summed E-state index contributed by atoms with van der Waals surface area (Å²) in [6, 6.07) is 5.39. The Labute approximate surface area is 126 Å². The van der Waals surface area contributed by atoms with Crippen molar-refractivity contribution in [1.29, 1.82) is 0 Å². The van der Waals surface area contributed by atoms with Gasteiger partial charge in [0.2, 0.25) is 0 Å². The number of anilines is 1. The van der Waals surface area contributed by atoms with Crippen LogP contribution in [0.3, 0.4) is 0 Å². The Morgan fingerprint density at radius 3 is 2.86 bits per heavy atom. The van der Waals surface area contributed by atoms with Crippen LogP contribution >= 0.6 is 0 Å². The normalized spacial score (nSPS) is 21.7. The van der Waals surface area contributed by atoms with Crippen molar-refractivity contribution >= 4 is 11.6 Å². The molecule has 1 heterocycles. The molecule has 1 aromatic rings. The summed E-state index contributed by atoms with van der Waals surface area (Å²) in [5.74, 6) is 2.06. The zero-order valence-electron chi connectivity index (χ0n) is 13.1. The number of rotatable bonds is 5. The fourth-order valence-corrected chi connectivity index (χ4v) is 2.88. The van der Waals surface area contributed by atoms with Crippen molar-refractivity contribution in [2.24, 2.45) is 5.92 Å². The van der Waals surface area contributed by atoms with Gasteiger partial charge in [0, 0.05) is 12.0 Å². The van der Waals surface area contributed by atoms with E-state index >= 15 is 0 Å². The van der Waals surface area contributed by atoms with E-state index in [1.165, 1.54) is 17.7 Å². The zero-order chi connectivity index (χ0) is 15.2. The molecule has 5 heteroatoms.